The Morgan fingerprint density at radius 3 is 2.50 bits per heavy atom. The van der Waals surface area contributed by atoms with Crippen LogP contribution in [0.2, 0.25) is 10.0 Å². The van der Waals surface area contributed by atoms with Gasteiger partial charge in [0, 0.05) is 25.4 Å². The van der Waals surface area contributed by atoms with Crippen molar-refractivity contribution in [3.8, 4) is 0 Å². The molecule has 1 fully saturated rings. The maximum atomic E-state index is 12.6. The van der Waals surface area contributed by atoms with Gasteiger partial charge in [-0.3, -0.25) is 0 Å². The third-order valence-electron chi connectivity index (χ3n) is 3.40. The Labute approximate surface area is 128 Å². The Bertz CT molecular complexity index is 584. The summed E-state index contributed by atoms with van der Waals surface area (Å²) in [6.45, 7) is 0.839. The van der Waals surface area contributed by atoms with E-state index in [-0.39, 0.29) is 27.5 Å². The second kappa shape index (κ2) is 6.07. The molecule has 1 saturated heterocycles. The third-order valence-corrected chi connectivity index (χ3v) is 6.19. The van der Waals surface area contributed by atoms with Crippen LogP contribution >= 0.6 is 23.2 Å². The molecular weight excluding hydrogens is 323 g/mol. The van der Waals surface area contributed by atoms with Crippen LogP contribution in [0.15, 0.2) is 17.0 Å². The van der Waals surface area contributed by atoms with Crippen molar-refractivity contribution in [3.05, 3.63) is 22.2 Å². The number of rotatable bonds is 4. The summed E-state index contributed by atoms with van der Waals surface area (Å²) < 4.78 is 26.5. The van der Waals surface area contributed by atoms with Crippen molar-refractivity contribution in [1.82, 2.24) is 4.31 Å². The Balaban J connectivity index is 2.33. The van der Waals surface area contributed by atoms with Crippen molar-refractivity contribution in [2.45, 2.75) is 17.7 Å². The van der Waals surface area contributed by atoms with Crippen molar-refractivity contribution in [2.75, 3.05) is 25.4 Å². The molecule has 5 nitrogen and oxygen atoms in total. The molecule has 1 unspecified atom stereocenters. The third kappa shape index (κ3) is 3.04. The quantitative estimate of drug-likeness (QED) is 0.822. The summed E-state index contributed by atoms with van der Waals surface area (Å²) in [6, 6.07) is 2.75. The minimum atomic E-state index is -3.74. The molecule has 0 bridgehead atoms. The molecule has 1 heterocycles. The molecule has 3 N–H and O–H groups in total. The molecule has 1 atom stereocenters. The van der Waals surface area contributed by atoms with Crippen LogP contribution in [0, 0.1) is 5.92 Å². The largest absolute Gasteiger partial charge is 0.399 e. The van der Waals surface area contributed by atoms with Gasteiger partial charge >= 0.3 is 0 Å². The first-order valence-electron chi connectivity index (χ1n) is 6.21. The van der Waals surface area contributed by atoms with E-state index in [1.54, 1.807) is 0 Å². The average Bonchev–Trinajstić information content (AvgIpc) is 2.76. The summed E-state index contributed by atoms with van der Waals surface area (Å²) in [5.41, 5.74) is 5.90. The predicted octanol–water partition coefficient (Wildman–Crippen LogP) is 1.97. The topological polar surface area (TPSA) is 83.6 Å². The molecule has 1 aromatic carbocycles. The lowest BCUT2D eigenvalue weighted by Crippen LogP contribution is -2.29. The maximum Gasteiger partial charge on any atom is 0.246 e. The number of nitrogen functional groups attached to an aromatic ring is 1. The number of nitrogens with two attached hydrogens (primary N) is 1. The van der Waals surface area contributed by atoms with Gasteiger partial charge in [-0.05, 0) is 30.9 Å². The molecule has 0 saturated carbocycles. The fraction of sp³-hybridized carbons (Fsp3) is 0.500. The van der Waals surface area contributed by atoms with Gasteiger partial charge in [0.25, 0.3) is 0 Å². The van der Waals surface area contributed by atoms with Crippen LogP contribution in [0.25, 0.3) is 0 Å². The molecule has 0 radical (unpaired) electrons. The van der Waals surface area contributed by atoms with Crippen LogP contribution in [-0.2, 0) is 10.0 Å². The average molecular weight is 339 g/mol. The number of benzene rings is 1. The highest BCUT2D eigenvalue weighted by Gasteiger charge is 2.34. The second-order valence-corrected chi connectivity index (χ2v) is 7.53. The normalized spacial score (nSPS) is 20.4. The van der Waals surface area contributed by atoms with Gasteiger partial charge in [0.2, 0.25) is 10.0 Å². The van der Waals surface area contributed by atoms with E-state index >= 15 is 0 Å². The smallest absolute Gasteiger partial charge is 0.246 e. The summed E-state index contributed by atoms with van der Waals surface area (Å²) in [6.07, 6.45) is 1.32. The van der Waals surface area contributed by atoms with Gasteiger partial charge in [-0.25, -0.2) is 8.42 Å². The van der Waals surface area contributed by atoms with Gasteiger partial charge in [-0.2, -0.15) is 4.31 Å². The fourth-order valence-electron chi connectivity index (χ4n) is 2.39. The van der Waals surface area contributed by atoms with Crippen LogP contribution < -0.4 is 5.73 Å². The monoisotopic (exact) mass is 338 g/mol. The van der Waals surface area contributed by atoms with Crippen molar-refractivity contribution < 1.29 is 13.5 Å². The molecule has 1 aromatic rings. The number of halogens is 2. The zero-order valence-corrected chi connectivity index (χ0v) is 13.0. The van der Waals surface area contributed by atoms with Crippen molar-refractivity contribution in [2.24, 2.45) is 5.92 Å². The number of anilines is 1. The predicted molar refractivity (Wildman–Crippen MR) is 79.4 cm³/mol. The zero-order valence-electron chi connectivity index (χ0n) is 10.7. The molecule has 2 rings (SSSR count). The molecule has 0 aliphatic carbocycles. The van der Waals surface area contributed by atoms with Gasteiger partial charge in [0.15, 0.2) is 0 Å². The van der Waals surface area contributed by atoms with Crippen LogP contribution in [0.3, 0.4) is 0 Å². The molecule has 0 spiro atoms. The highest BCUT2D eigenvalue weighted by atomic mass is 35.5. The molecule has 1 aliphatic rings. The lowest BCUT2D eigenvalue weighted by molar-refractivity contribution is 0.259. The first kappa shape index (κ1) is 15.9. The van der Waals surface area contributed by atoms with Gasteiger partial charge in [0.05, 0.1) is 10.0 Å². The van der Waals surface area contributed by atoms with E-state index in [1.165, 1.54) is 16.4 Å². The van der Waals surface area contributed by atoms with Gasteiger partial charge in [-0.15, -0.1) is 0 Å². The van der Waals surface area contributed by atoms with E-state index in [9.17, 15) is 8.42 Å². The number of aliphatic hydroxyl groups excluding tert-OH is 1. The zero-order chi connectivity index (χ0) is 14.9. The summed E-state index contributed by atoms with van der Waals surface area (Å²) in [4.78, 5) is -0.0975. The number of hydrogen-bond donors (Lipinski definition) is 2. The number of hydrogen-bond acceptors (Lipinski definition) is 4. The SMILES string of the molecule is Nc1cc(Cl)c(S(=O)(=O)N2CCC(CCO)C2)c(Cl)c1. The Hall–Kier alpha value is -0.530. The summed E-state index contributed by atoms with van der Waals surface area (Å²) in [5, 5.41) is 8.98. The molecule has 112 valence electrons. The highest BCUT2D eigenvalue weighted by Crippen LogP contribution is 2.36. The van der Waals surface area contributed by atoms with E-state index in [2.05, 4.69) is 0 Å². The lowest BCUT2D eigenvalue weighted by Gasteiger charge is -2.18. The number of sulfonamides is 1. The van der Waals surface area contributed by atoms with Gasteiger partial charge < -0.3 is 10.8 Å². The lowest BCUT2D eigenvalue weighted by atomic mass is 10.1. The van der Waals surface area contributed by atoms with E-state index < -0.39 is 10.0 Å². The van der Waals surface area contributed by atoms with Crippen LogP contribution in [0.4, 0.5) is 5.69 Å². The highest BCUT2D eigenvalue weighted by molar-refractivity contribution is 7.89. The first-order chi connectivity index (χ1) is 9.36. The van der Waals surface area contributed by atoms with Gasteiger partial charge in [-0.1, -0.05) is 23.2 Å². The second-order valence-electron chi connectivity index (χ2n) is 4.84. The first-order valence-corrected chi connectivity index (χ1v) is 8.41. The standard InChI is InChI=1S/C12H16Cl2N2O3S/c13-10-5-9(15)6-11(14)12(10)20(18,19)16-3-1-8(7-16)2-4-17/h5-6,8,17H,1-4,7,15H2. The minimum absolute atomic E-state index is 0.0283. The van der Waals surface area contributed by atoms with Crippen LogP contribution in [0.1, 0.15) is 12.8 Å². The molecule has 0 amide bonds. The summed E-state index contributed by atoms with van der Waals surface area (Å²) >= 11 is 12.0. The van der Waals surface area contributed by atoms with Crippen LogP contribution in [-0.4, -0.2) is 37.5 Å². The molecule has 20 heavy (non-hydrogen) atoms. The Morgan fingerprint density at radius 2 is 1.95 bits per heavy atom. The number of nitrogens with zero attached hydrogens (tertiary/aromatic N) is 1. The number of aliphatic hydroxyl groups is 1. The molecular formula is C12H16Cl2N2O3S. The summed E-state index contributed by atoms with van der Waals surface area (Å²) in [5.74, 6) is 0.168. The van der Waals surface area contributed by atoms with E-state index in [4.69, 9.17) is 34.0 Å². The van der Waals surface area contributed by atoms with E-state index in [1.807, 2.05) is 0 Å². The van der Waals surface area contributed by atoms with Crippen molar-refractivity contribution in [3.63, 3.8) is 0 Å². The summed E-state index contributed by atoms with van der Waals surface area (Å²) in [7, 11) is -3.74. The Kier molecular flexibility index (Phi) is 4.81. The van der Waals surface area contributed by atoms with Crippen molar-refractivity contribution in [1.29, 1.82) is 0 Å². The fourth-order valence-corrected chi connectivity index (χ4v) is 5.10. The molecule has 1 aliphatic heterocycles. The van der Waals surface area contributed by atoms with Crippen molar-refractivity contribution >= 4 is 38.9 Å². The molecule has 0 aromatic heterocycles. The van der Waals surface area contributed by atoms with E-state index in [0.29, 0.717) is 25.2 Å². The van der Waals surface area contributed by atoms with Crippen LogP contribution in [0.5, 0.6) is 0 Å². The van der Waals surface area contributed by atoms with E-state index in [0.717, 1.165) is 6.42 Å². The maximum absolute atomic E-state index is 12.6. The van der Waals surface area contributed by atoms with Gasteiger partial charge in [0.1, 0.15) is 4.90 Å². The Morgan fingerprint density at radius 1 is 1.35 bits per heavy atom. The minimum Gasteiger partial charge on any atom is -0.399 e. The molecule has 8 heteroatoms.